The molecule has 0 unspecified atom stereocenters. The molecule has 1 aliphatic heterocycles. The third-order valence-electron chi connectivity index (χ3n) is 3.56. The van der Waals surface area contributed by atoms with E-state index in [-0.39, 0.29) is 0 Å². The Kier molecular flexibility index (Phi) is 5.01. The van der Waals surface area contributed by atoms with Crippen LogP contribution < -0.4 is 5.73 Å². The molecule has 0 atom stereocenters. The maximum atomic E-state index is 6.30. The smallest absolute Gasteiger partial charge is 0.0454 e. The Bertz CT molecular complexity index is 395. The fraction of sp³-hybridized carbons (Fsp3) is 0.571. The van der Waals surface area contributed by atoms with Crippen molar-refractivity contribution in [2.45, 2.75) is 19.5 Å². The third-order valence-corrected chi connectivity index (χ3v) is 3.91. The molecule has 0 bridgehead atoms. The summed E-state index contributed by atoms with van der Waals surface area (Å²) in [5.41, 5.74) is 7.92. The van der Waals surface area contributed by atoms with Gasteiger partial charge in [-0.2, -0.15) is 0 Å². The van der Waals surface area contributed by atoms with Crippen LogP contribution in [0.2, 0.25) is 5.02 Å². The molecule has 0 aromatic heterocycles. The Hall–Kier alpha value is -0.610. The van der Waals surface area contributed by atoms with E-state index in [2.05, 4.69) is 29.0 Å². The van der Waals surface area contributed by atoms with Crippen LogP contribution >= 0.6 is 11.6 Å². The van der Waals surface area contributed by atoms with Crippen LogP contribution in [0.3, 0.4) is 0 Å². The lowest BCUT2D eigenvalue weighted by Crippen LogP contribution is -2.28. The first kappa shape index (κ1) is 13.8. The fourth-order valence-corrected chi connectivity index (χ4v) is 2.61. The molecule has 0 spiro atoms. The summed E-state index contributed by atoms with van der Waals surface area (Å²) in [6.07, 6.45) is 1.23. The second-order valence-corrected chi connectivity index (χ2v) is 5.47. The van der Waals surface area contributed by atoms with Gasteiger partial charge in [0.05, 0.1) is 0 Å². The molecule has 1 aliphatic rings. The van der Waals surface area contributed by atoms with E-state index >= 15 is 0 Å². The van der Waals surface area contributed by atoms with Gasteiger partial charge in [-0.1, -0.05) is 23.7 Å². The van der Waals surface area contributed by atoms with Crippen molar-refractivity contribution in [3.63, 3.8) is 0 Å². The molecule has 1 aromatic rings. The number of benzene rings is 1. The van der Waals surface area contributed by atoms with E-state index in [1.165, 1.54) is 18.5 Å². The van der Waals surface area contributed by atoms with Gasteiger partial charge in [-0.05, 0) is 43.8 Å². The Labute approximate surface area is 115 Å². The van der Waals surface area contributed by atoms with E-state index in [9.17, 15) is 0 Å². The summed E-state index contributed by atoms with van der Waals surface area (Å²) in [6, 6.07) is 6.17. The molecular formula is C14H22ClN3. The SMILES string of the molecule is CN1CCCN(Cc2ccc(CN)cc2Cl)CC1. The molecule has 0 amide bonds. The molecule has 18 heavy (non-hydrogen) atoms. The van der Waals surface area contributed by atoms with Crippen molar-refractivity contribution in [1.82, 2.24) is 9.80 Å². The molecular weight excluding hydrogens is 246 g/mol. The van der Waals surface area contributed by atoms with Crippen LogP contribution in [-0.4, -0.2) is 43.0 Å². The lowest BCUT2D eigenvalue weighted by Gasteiger charge is -2.21. The predicted molar refractivity (Wildman–Crippen MR) is 76.7 cm³/mol. The average molecular weight is 268 g/mol. The maximum Gasteiger partial charge on any atom is 0.0454 e. The predicted octanol–water partition coefficient (Wildman–Crippen LogP) is 1.94. The van der Waals surface area contributed by atoms with Crippen LogP contribution in [0.5, 0.6) is 0 Å². The summed E-state index contributed by atoms with van der Waals surface area (Å²) in [6.45, 7) is 6.09. The molecule has 3 nitrogen and oxygen atoms in total. The van der Waals surface area contributed by atoms with E-state index < -0.39 is 0 Å². The number of rotatable bonds is 3. The highest BCUT2D eigenvalue weighted by Gasteiger charge is 2.13. The normalized spacial score (nSPS) is 18.8. The number of hydrogen-bond donors (Lipinski definition) is 1. The second kappa shape index (κ2) is 6.53. The number of nitrogens with zero attached hydrogens (tertiary/aromatic N) is 2. The molecule has 4 heteroatoms. The van der Waals surface area contributed by atoms with Crippen molar-refractivity contribution in [1.29, 1.82) is 0 Å². The highest BCUT2D eigenvalue weighted by molar-refractivity contribution is 6.31. The molecule has 1 saturated heterocycles. The minimum atomic E-state index is 0.550. The summed E-state index contributed by atoms with van der Waals surface area (Å²) in [5, 5.41) is 0.843. The van der Waals surface area contributed by atoms with Gasteiger partial charge < -0.3 is 10.6 Å². The Morgan fingerprint density at radius 2 is 2.06 bits per heavy atom. The second-order valence-electron chi connectivity index (χ2n) is 5.06. The molecule has 2 rings (SSSR count). The van der Waals surface area contributed by atoms with E-state index in [1.807, 2.05) is 6.07 Å². The first-order chi connectivity index (χ1) is 8.69. The Morgan fingerprint density at radius 1 is 1.22 bits per heavy atom. The molecule has 0 radical (unpaired) electrons. The van der Waals surface area contributed by atoms with Gasteiger partial charge >= 0.3 is 0 Å². The summed E-state index contributed by atoms with van der Waals surface area (Å²) >= 11 is 6.30. The van der Waals surface area contributed by atoms with Crippen LogP contribution in [0.4, 0.5) is 0 Å². The molecule has 1 aromatic carbocycles. The topological polar surface area (TPSA) is 32.5 Å². The standard InChI is InChI=1S/C14H22ClN3/c1-17-5-2-6-18(8-7-17)11-13-4-3-12(10-16)9-14(13)15/h3-4,9H,2,5-8,10-11,16H2,1H3. The van der Waals surface area contributed by atoms with Crippen molar-refractivity contribution >= 4 is 11.6 Å². The van der Waals surface area contributed by atoms with Crippen LogP contribution in [0.15, 0.2) is 18.2 Å². The highest BCUT2D eigenvalue weighted by atomic mass is 35.5. The van der Waals surface area contributed by atoms with Gasteiger partial charge in [0, 0.05) is 31.2 Å². The lowest BCUT2D eigenvalue weighted by molar-refractivity contribution is 0.269. The third kappa shape index (κ3) is 3.69. The number of nitrogens with two attached hydrogens (primary N) is 1. The zero-order chi connectivity index (χ0) is 13.0. The molecule has 1 fully saturated rings. The van der Waals surface area contributed by atoms with Gasteiger partial charge in [-0.15, -0.1) is 0 Å². The first-order valence-electron chi connectivity index (χ1n) is 6.57. The number of hydrogen-bond acceptors (Lipinski definition) is 3. The van der Waals surface area contributed by atoms with Gasteiger partial charge in [0.1, 0.15) is 0 Å². The van der Waals surface area contributed by atoms with Gasteiger partial charge in [0.25, 0.3) is 0 Å². The van der Waals surface area contributed by atoms with Crippen LogP contribution in [0.1, 0.15) is 17.5 Å². The van der Waals surface area contributed by atoms with Crippen LogP contribution in [0.25, 0.3) is 0 Å². The van der Waals surface area contributed by atoms with Crippen LogP contribution in [-0.2, 0) is 13.1 Å². The average Bonchev–Trinajstić information content (AvgIpc) is 2.57. The van der Waals surface area contributed by atoms with Crippen molar-refractivity contribution in [3.05, 3.63) is 34.3 Å². The van der Waals surface area contributed by atoms with E-state index in [1.54, 1.807) is 0 Å². The van der Waals surface area contributed by atoms with Gasteiger partial charge in [-0.25, -0.2) is 0 Å². The summed E-state index contributed by atoms with van der Waals surface area (Å²) in [7, 11) is 2.19. The Morgan fingerprint density at radius 3 is 2.78 bits per heavy atom. The van der Waals surface area contributed by atoms with Crippen molar-refractivity contribution in [2.75, 3.05) is 33.2 Å². The lowest BCUT2D eigenvalue weighted by atomic mass is 10.1. The zero-order valence-electron chi connectivity index (χ0n) is 11.0. The van der Waals surface area contributed by atoms with E-state index in [0.29, 0.717) is 6.54 Å². The van der Waals surface area contributed by atoms with Crippen molar-refractivity contribution in [2.24, 2.45) is 5.73 Å². The molecule has 0 aliphatic carbocycles. The van der Waals surface area contributed by atoms with Crippen molar-refractivity contribution < 1.29 is 0 Å². The largest absolute Gasteiger partial charge is 0.326 e. The van der Waals surface area contributed by atoms with Gasteiger partial charge in [0.15, 0.2) is 0 Å². The quantitative estimate of drug-likeness (QED) is 0.909. The highest BCUT2D eigenvalue weighted by Crippen LogP contribution is 2.20. The fourth-order valence-electron chi connectivity index (χ4n) is 2.35. The number of halogens is 1. The Balaban J connectivity index is 2.00. The molecule has 1 heterocycles. The van der Waals surface area contributed by atoms with Crippen LogP contribution in [0, 0.1) is 0 Å². The molecule has 2 N–H and O–H groups in total. The summed E-state index contributed by atoms with van der Waals surface area (Å²) in [5.74, 6) is 0. The minimum Gasteiger partial charge on any atom is -0.326 e. The summed E-state index contributed by atoms with van der Waals surface area (Å²) in [4.78, 5) is 4.87. The first-order valence-corrected chi connectivity index (χ1v) is 6.95. The monoisotopic (exact) mass is 267 g/mol. The molecule has 100 valence electrons. The summed E-state index contributed by atoms with van der Waals surface area (Å²) < 4.78 is 0. The van der Waals surface area contributed by atoms with E-state index in [4.69, 9.17) is 17.3 Å². The van der Waals surface area contributed by atoms with Gasteiger partial charge in [0.2, 0.25) is 0 Å². The number of likely N-dealkylation sites (N-methyl/N-ethyl adjacent to an activating group) is 1. The zero-order valence-corrected chi connectivity index (χ0v) is 11.8. The van der Waals surface area contributed by atoms with Crippen molar-refractivity contribution in [3.8, 4) is 0 Å². The maximum absolute atomic E-state index is 6.30. The van der Waals surface area contributed by atoms with Gasteiger partial charge in [-0.3, -0.25) is 4.90 Å². The van der Waals surface area contributed by atoms with E-state index in [0.717, 1.165) is 36.8 Å². The minimum absolute atomic E-state index is 0.550. The molecule has 0 saturated carbocycles.